The number of aliphatic hydroxyl groups excluding tert-OH is 1. The highest BCUT2D eigenvalue weighted by Crippen LogP contribution is 2.32. The number of imidazole rings is 1. The Morgan fingerprint density at radius 2 is 2.29 bits per heavy atom. The van der Waals surface area contributed by atoms with Gasteiger partial charge in [-0.05, 0) is 24.3 Å². The van der Waals surface area contributed by atoms with Gasteiger partial charge in [0.15, 0.2) is 11.3 Å². The summed E-state index contributed by atoms with van der Waals surface area (Å²) in [6, 6.07) is 0. The number of rotatable bonds is 4. The zero-order valence-corrected chi connectivity index (χ0v) is 13.1. The number of primary amides is 1. The van der Waals surface area contributed by atoms with Crippen molar-refractivity contribution in [2.24, 2.45) is 5.73 Å². The lowest BCUT2D eigenvalue weighted by Gasteiger charge is -2.21. The molecule has 0 radical (unpaired) electrons. The molecule has 0 aliphatic carbocycles. The number of amides is 1. The van der Waals surface area contributed by atoms with Gasteiger partial charge in [0.05, 0.1) is 17.4 Å². The van der Waals surface area contributed by atoms with Gasteiger partial charge in [0.25, 0.3) is 0 Å². The van der Waals surface area contributed by atoms with E-state index >= 15 is 0 Å². The van der Waals surface area contributed by atoms with Crippen LogP contribution in [0.5, 0.6) is 0 Å². The molecule has 1 aliphatic heterocycles. The SMILES string of the molecule is NC(=O)C(O)Cc1cn2c(cnc3[nH]cc(C4CCOCC4)c32)n1. The van der Waals surface area contributed by atoms with E-state index < -0.39 is 12.0 Å². The number of fused-ring (bicyclic) bond motifs is 3. The molecular formula is C16H19N5O3. The van der Waals surface area contributed by atoms with Crippen LogP contribution >= 0.6 is 0 Å². The van der Waals surface area contributed by atoms with Crippen LogP contribution in [0.1, 0.15) is 30.0 Å². The van der Waals surface area contributed by atoms with E-state index in [1.807, 2.05) is 16.8 Å². The Morgan fingerprint density at radius 1 is 1.50 bits per heavy atom. The van der Waals surface area contributed by atoms with Gasteiger partial charge in [0.2, 0.25) is 5.91 Å². The van der Waals surface area contributed by atoms with Gasteiger partial charge in [-0.15, -0.1) is 0 Å². The molecule has 4 heterocycles. The van der Waals surface area contributed by atoms with E-state index in [1.54, 1.807) is 6.20 Å². The molecule has 0 aromatic carbocycles. The third kappa shape index (κ3) is 2.53. The van der Waals surface area contributed by atoms with Crippen molar-refractivity contribution in [3.05, 3.63) is 29.8 Å². The molecule has 0 bridgehead atoms. The minimum absolute atomic E-state index is 0.0928. The first-order chi connectivity index (χ1) is 11.6. The van der Waals surface area contributed by atoms with Gasteiger partial charge in [-0.1, -0.05) is 0 Å². The Morgan fingerprint density at radius 3 is 3.04 bits per heavy atom. The van der Waals surface area contributed by atoms with Crippen molar-refractivity contribution in [1.82, 2.24) is 19.4 Å². The number of hydrogen-bond donors (Lipinski definition) is 3. The van der Waals surface area contributed by atoms with Gasteiger partial charge >= 0.3 is 0 Å². The summed E-state index contributed by atoms with van der Waals surface area (Å²) in [5.41, 5.74) is 9.40. The number of nitrogens with one attached hydrogen (secondary N) is 1. The molecule has 3 aromatic heterocycles. The maximum atomic E-state index is 11.1. The van der Waals surface area contributed by atoms with Crippen molar-refractivity contribution >= 4 is 22.7 Å². The Hall–Kier alpha value is -2.45. The standard InChI is InChI=1S/C16H19N5O3/c17-15(23)12(22)5-10-8-21-13(20-10)7-19-16-14(21)11(6-18-16)9-1-3-24-4-2-9/h6-9,12,18,22H,1-5H2,(H2,17,23). The molecule has 1 unspecified atom stereocenters. The Balaban J connectivity index is 1.79. The Bertz CT molecular complexity index is 894. The van der Waals surface area contributed by atoms with Crippen molar-refractivity contribution in [3.8, 4) is 0 Å². The van der Waals surface area contributed by atoms with Crippen molar-refractivity contribution in [3.63, 3.8) is 0 Å². The average molecular weight is 329 g/mol. The Kier molecular flexibility index (Phi) is 3.70. The molecule has 0 spiro atoms. The van der Waals surface area contributed by atoms with Gasteiger partial charge in [-0.2, -0.15) is 0 Å². The molecule has 24 heavy (non-hydrogen) atoms. The number of ether oxygens (including phenoxy) is 1. The van der Waals surface area contributed by atoms with Crippen LogP contribution in [0.3, 0.4) is 0 Å². The normalized spacial score (nSPS) is 17.5. The third-order valence-electron chi connectivity index (χ3n) is 4.59. The molecule has 1 atom stereocenters. The molecule has 1 amide bonds. The quantitative estimate of drug-likeness (QED) is 0.644. The minimum atomic E-state index is -1.24. The van der Waals surface area contributed by atoms with Crippen LogP contribution < -0.4 is 5.73 Å². The number of aromatic nitrogens is 4. The highest BCUT2D eigenvalue weighted by atomic mass is 16.5. The van der Waals surface area contributed by atoms with Crippen LogP contribution in [0, 0.1) is 0 Å². The first-order valence-corrected chi connectivity index (χ1v) is 8.02. The summed E-state index contributed by atoms with van der Waals surface area (Å²) in [5.74, 6) is -0.332. The molecule has 1 saturated heterocycles. The van der Waals surface area contributed by atoms with Crippen molar-refractivity contribution in [2.45, 2.75) is 31.3 Å². The smallest absolute Gasteiger partial charge is 0.246 e. The zero-order valence-electron chi connectivity index (χ0n) is 13.1. The maximum absolute atomic E-state index is 11.1. The largest absolute Gasteiger partial charge is 0.383 e. The highest BCUT2D eigenvalue weighted by molar-refractivity contribution is 5.80. The summed E-state index contributed by atoms with van der Waals surface area (Å²) in [4.78, 5) is 23.2. The summed E-state index contributed by atoms with van der Waals surface area (Å²) in [7, 11) is 0. The molecule has 1 aliphatic rings. The molecule has 126 valence electrons. The van der Waals surface area contributed by atoms with E-state index in [1.165, 1.54) is 5.56 Å². The first kappa shape index (κ1) is 15.1. The maximum Gasteiger partial charge on any atom is 0.246 e. The van der Waals surface area contributed by atoms with Crippen LogP contribution in [-0.4, -0.2) is 49.7 Å². The number of aliphatic hydroxyl groups is 1. The number of hydrogen-bond acceptors (Lipinski definition) is 5. The van der Waals surface area contributed by atoms with Crippen molar-refractivity contribution in [1.29, 1.82) is 0 Å². The Labute approximate surface area is 137 Å². The number of nitrogens with zero attached hydrogens (tertiary/aromatic N) is 3. The van der Waals surface area contributed by atoms with Crippen molar-refractivity contribution in [2.75, 3.05) is 13.2 Å². The number of carbonyl (C=O) groups excluding carboxylic acids is 1. The fourth-order valence-electron chi connectivity index (χ4n) is 3.33. The van der Waals surface area contributed by atoms with Crippen LogP contribution in [0.15, 0.2) is 18.6 Å². The lowest BCUT2D eigenvalue weighted by Crippen LogP contribution is -2.30. The van der Waals surface area contributed by atoms with Crippen LogP contribution in [0.25, 0.3) is 16.8 Å². The molecule has 8 heteroatoms. The second kappa shape index (κ2) is 5.88. The molecule has 3 aromatic rings. The van der Waals surface area contributed by atoms with Crippen molar-refractivity contribution < 1.29 is 14.6 Å². The van der Waals surface area contributed by atoms with E-state index in [2.05, 4.69) is 15.0 Å². The molecule has 0 saturated carbocycles. The monoisotopic (exact) mass is 329 g/mol. The predicted octanol–water partition coefficient (Wildman–Crippen LogP) is 0.493. The van der Waals surface area contributed by atoms with Crippen LogP contribution in [-0.2, 0) is 16.0 Å². The van der Waals surface area contributed by atoms with Crippen LogP contribution in [0.4, 0.5) is 0 Å². The lowest BCUT2D eigenvalue weighted by molar-refractivity contribution is -0.125. The summed E-state index contributed by atoms with van der Waals surface area (Å²) < 4.78 is 7.42. The summed E-state index contributed by atoms with van der Waals surface area (Å²) in [6.07, 6.45) is 6.33. The van der Waals surface area contributed by atoms with E-state index in [4.69, 9.17) is 10.5 Å². The fourth-order valence-corrected chi connectivity index (χ4v) is 3.33. The summed E-state index contributed by atoms with van der Waals surface area (Å²) in [6.45, 7) is 1.53. The second-order valence-corrected chi connectivity index (χ2v) is 6.17. The number of nitrogens with two attached hydrogens (primary N) is 1. The summed E-state index contributed by atoms with van der Waals surface area (Å²) >= 11 is 0. The van der Waals surface area contributed by atoms with Gasteiger partial charge < -0.3 is 20.6 Å². The topological polar surface area (TPSA) is 119 Å². The van der Waals surface area contributed by atoms with E-state index in [-0.39, 0.29) is 6.42 Å². The third-order valence-corrected chi connectivity index (χ3v) is 4.59. The molecule has 4 rings (SSSR count). The number of aromatic amines is 1. The molecule has 8 nitrogen and oxygen atoms in total. The first-order valence-electron chi connectivity index (χ1n) is 8.02. The highest BCUT2D eigenvalue weighted by Gasteiger charge is 2.22. The summed E-state index contributed by atoms with van der Waals surface area (Å²) in [5, 5.41) is 9.68. The fraction of sp³-hybridized carbons (Fsp3) is 0.438. The second-order valence-electron chi connectivity index (χ2n) is 6.17. The molecule has 4 N–H and O–H groups in total. The van der Waals surface area contributed by atoms with E-state index in [0.717, 1.165) is 37.2 Å². The zero-order chi connectivity index (χ0) is 16.7. The van der Waals surface area contributed by atoms with Gasteiger partial charge in [-0.25, -0.2) is 9.97 Å². The van der Waals surface area contributed by atoms with E-state index in [0.29, 0.717) is 17.3 Å². The number of H-pyrrole nitrogens is 1. The average Bonchev–Trinajstić information content (AvgIpc) is 3.18. The van der Waals surface area contributed by atoms with Gasteiger partial charge in [0.1, 0.15) is 6.10 Å². The molecule has 1 fully saturated rings. The van der Waals surface area contributed by atoms with Crippen LogP contribution in [0.2, 0.25) is 0 Å². The van der Waals surface area contributed by atoms with E-state index in [9.17, 15) is 9.90 Å². The lowest BCUT2D eigenvalue weighted by atomic mass is 9.93. The minimum Gasteiger partial charge on any atom is -0.383 e. The predicted molar refractivity (Wildman–Crippen MR) is 86.5 cm³/mol. The number of carbonyl (C=O) groups is 1. The molecular weight excluding hydrogens is 310 g/mol. The van der Waals surface area contributed by atoms with Gasteiger partial charge in [-0.3, -0.25) is 9.20 Å². The van der Waals surface area contributed by atoms with Gasteiger partial charge in [0, 0.05) is 32.0 Å².